The van der Waals surface area contributed by atoms with Gasteiger partial charge in [-0.25, -0.2) is 20.2 Å². The summed E-state index contributed by atoms with van der Waals surface area (Å²) in [6.07, 6.45) is 0. The topological polar surface area (TPSA) is 134 Å². The molecule has 0 bridgehead atoms. The lowest BCUT2D eigenvalue weighted by molar-refractivity contribution is -0.654. The molecule has 0 saturated carbocycles. The quantitative estimate of drug-likeness (QED) is 0.500. The molecule has 17 heavy (non-hydrogen) atoms. The van der Waals surface area contributed by atoms with E-state index in [1.54, 1.807) is 0 Å². The number of hydrazine groups is 2. The van der Waals surface area contributed by atoms with Crippen molar-refractivity contribution >= 4 is 0 Å². The molecule has 1 aromatic rings. The summed E-state index contributed by atoms with van der Waals surface area (Å²) in [5.41, 5.74) is 0.607. The van der Waals surface area contributed by atoms with Crippen LogP contribution in [0.4, 0.5) is 0 Å². The predicted octanol–water partition coefficient (Wildman–Crippen LogP) is -0.948. The third-order valence-electron chi connectivity index (χ3n) is 2.02. The number of aromatic amines is 1. The minimum Gasteiger partial charge on any atom is -0.235 e. The highest BCUT2D eigenvalue weighted by molar-refractivity contribution is 5.07. The number of hydrogen-bond acceptors (Lipinski definition) is 6. The lowest BCUT2D eigenvalue weighted by Gasteiger charge is -2.09. The highest BCUT2D eigenvalue weighted by atomic mass is 16.7. The van der Waals surface area contributed by atoms with Gasteiger partial charge in [0.1, 0.15) is 24.5 Å². The van der Waals surface area contributed by atoms with Crippen molar-refractivity contribution in [2.75, 3.05) is 14.1 Å². The number of nitro groups is 2. The molecule has 1 heterocycles. The summed E-state index contributed by atoms with van der Waals surface area (Å²) in [4.78, 5) is 20.8. The molecule has 0 saturated heterocycles. The van der Waals surface area contributed by atoms with Crippen molar-refractivity contribution in [1.29, 1.82) is 0 Å². The van der Waals surface area contributed by atoms with Crippen LogP contribution in [0, 0.1) is 20.2 Å². The molecule has 0 unspecified atom stereocenters. The van der Waals surface area contributed by atoms with Gasteiger partial charge >= 0.3 is 0 Å². The Labute approximate surface area is 95.2 Å². The van der Waals surface area contributed by atoms with Crippen LogP contribution in [0.3, 0.4) is 0 Å². The van der Waals surface area contributed by atoms with Gasteiger partial charge in [0.2, 0.25) is 0 Å². The minimum atomic E-state index is -0.602. The van der Waals surface area contributed by atoms with Crippen LogP contribution >= 0.6 is 0 Å². The molecule has 1 aromatic heterocycles. The largest absolute Gasteiger partial charge is 0.235 e. The van der Waals surface area contributed by atoms with Crippen molar-refractivity contribution < 1.29 is 10.1 Å². The fraction of sp³-hybridized carbons (Fsp3) is 0.667. The SMILES string of the molecule is CN(Cc1n[nH]nc1CN(C)[N+](=O)[O-])[N+](=O)[O-]. The highest BCUT2D eigenvalue weighted by Crippen LogP contribution is 2.07. The van der Waals surface area contributed by atoms with Gasteiger partial charge in [0.25, 0.3) is 0 Å². The minimum absolute atomic E-state index is 0.0790. The van der Waals surface area contributed by atoms with E-state index in [1.807, 2.05) is 0 Å². The average molecular weight is 245 g/mol. The Morgan fingerprint density at radius 2 is 1.41 bits per heavy atom. The molecule has 0 radical (unpaired) electrons. The molecule has 0 aliphatic heterocycles. The Morgan fingerprint density at radius 3 is 1.71 bits per heavy atom. The maximum Gasteiger partial charge on any atom is 0.160 e. The second-order valence-electron chi connectivity index (χ2n) is 3.32. The van der Waals surface area contributed by atoms with E-state index in [4.69, 9.17) is 0 Å². The fourth-order valence-electron chi connectivity index (χ4n) is 1.08. The monoisotopic (exact) mass is 245 g/mol. The molecule has 0 fully saturated rings. The zero-order chi connectivity index (χ0) is 13.0. The van der Waals surface area contributed by atoms with Gasteiger partial charge in [-0.15, -0.1) is 10.0 Å². The molecule has 11 heteroatoms. The Morgan fingerprint density at radius 1 is 1.06 bits per heavy atom. The van der Waals surface area contributed by atoms with Gasteiger partial charge in [0, 0.05) is 0 Å². The smallest absolute Gasteiger partial charge is 0.160 e. The standard InChI is InChI=1S/C6H11N7O4/c1-10(12(14)15)3-5-6(8-9-7-5)4-11(2)13(16)17/h3-4H2,1-2H3,(H,7,8,9). The molecule has 0 aliphatic rings. The van der Waals surface area contributed by atoms with E-state index in [0.29, 0.717) is 11.4 Å². The maximum absolute atomic E-state index is 10.4. The predicted molar refractivity (Wildman–Crippen MR) is 53.3 cm³/mol. The summed E-state index contributed by atoms with van der Waals surface area (Å²) in [6, 6.07) is 0. The van der Waals surface area contributed by atoms with E-state index in [9.17, 15) is 20.2 Å². The molecule has 0 aromatic carbocycles. The van der Waals surface area contributed by atoms with Crippen molar-refractivity contribution in [3.63, 3.8) is 0 Å². The molecular weight excluding hydrogens is 234 g/mol. The molecular formula is C6H11N7O4. The number of rotatable bonds is 6. The zero-order valence-corrected chi connectivity index (χ0v) is 9.23. The summed E-state index contributed by atoms with van der Waals surface area (Å²) >= 11 is 0. The lowest BCUT2D eigenvalue weighted by Crippen LogP contribution is -2.28. The van der Waals surface area contributed by atoms with Crippen LogP contribution in [0.2, 0.25) is 0 Å². The molecule has 1 rings (SSSR count). The average Bonchev–Trinajstić information content (AvgIpc) is 2.65. The van der Waals surface area contributed by atoms with Crippen LogP contribution in [-0.2, 0) is 13.1 Å². The number of H-pyrrole nitrogens is 1. The summed E-state index contributed by atoms with van der Waals surface area (Å²) in [5, 5.41) is 31.0. The van der Waals surface area contributed by atoms with Gasteiger partial charge in [-0.3, -0.25) is 0 Å². The third-order valence-corrected chi connectivity index (χ3v) is 2.02. The van der Waals surface area contributed by atoms with E-state index in [0.717, 1.165) is 10.0 Å². The number of nitrogens with one attached hydrogen (secondary N) is 1. The van der Waals surface area contributed by atoms with E-state index in [1.165, 1.54) is 14.1 Å². The summed E-state index contributed by atoms with van der Waals surface area (Å²) in [7, 11) is 2.55. The van der Waals surface area contributed by atoms with Gasteiger partial charge in [-0.2, -0.15) is 15.4 Å². The van der Waals surface area contributed by atoms with Crippen molar-refractivity contribution in [2.45, 2.75) is 13.1 Å². The normalized spacial score (nSPS) is 10.0. The summed E-state index contributed by atoms with van der Waals surface area (Å²) in [6.45, 7) is -0.158. The molecule has 0 spiro atoms. The number of aromatic nitrogens is 3. The van der Waals surface area contributed by atoms with E-state index in [2.05, 4.69) is 15.4 Å². The molecule has 94 valence electrons. The molecule has 0 amide bonds. The molecule has 1 N–H and O–H groups in total. The second-order valence-corrected chi connectivity index (χ2v) is 3.32. The molecule has 0 aliphatic carbocycles. The Balaban J connectivity index is 2.72. The first kappa shape index (κ1) is 12.6. The van der Waals surface area contributed by atoms with Gasteiger partial charge in [-0.05, 0) is 0 Å². The van der Waals surface area contributed by atoms with Crippen LogP contribution in [0.15, 0.2) is 0 Å². The van der Waals surface area contributed by atoms with Crippen molar-refractivity contribution in [2.24, 2.45) is 0 Å². The van der Waals surface area contributed by atoms with Gasteiger partial charge in [0.05, 0.1) is 14.1 Å². The van der Waals surface area contributed by atoms with Gasteiger partial charge in [-0.1, -0.05) is 0 Å². The lowest BCUT2D eigenvalue weighted by atomic mass is 10.3. The first-order chi connectivity index (χ1) is 7.91. The first-order valence-electron chi connectivity index (χ1n) is 4.51. The van der Waals surface area contributed by atoms with Crippen molar-refractivity contribution in [1.82, 2.24) is 25.4 Å². The fourth-order valence-corrected chi connectivity index (χ4v) is 1.08. The number of hydrogen-bond donors (Lipinski definition) is 1. The molecule has 0 atom stereocenters. The Bertz CT molecular complexity index is 382. The Kier molecular flexibility index (Phi) is 3.74. The van der Waals surface area contributed by atoms with E-state index in [-0.39, 0.29) is 13.1 Å². The first-order valence-corrected chi connectivity index (χ1v) is 4.51. The Hall–Kier alpha value is -2.46. The summed E-state index contributed by atoms with van der Waals surface area (Å²) in [5.74, 6) is 0. The molecule has 11 nitrogen and oxygen atoms in total. The second kappa shape index (κ2) is 5.05. The van der Waals surface area contributed by atoms with Crippen LogP contribution in [-0.4, -0.2) is 49.6 Å². The maximum atomic E-state index is 10.4. The van der Waals surface area contributed by atoms with Crippen LogP contribution in [0.25, 0.3) is 0 Å². The van der Waals surface area contributed by atoms with Crippen LogP contribution < -0.4 is 0 Å². The van der Waals surface area contributed by atoms with Gasteiger partial charge < -0.3 is 0 Å². The van der Waals surface area contributed by atoms with E-state index < -0.39 is 10.1 Å². The van der Waals surface area contributed by atoms with Gasteiger partial charge in [0.15, 0.2) is 10.1 Å². The van der Waals surface area contributed by atoms with E-state index >= 15 is 0 Å². The zero-order valence-electron chi connectivity index (χ0n) is 9.23. The van der Waals surface area contributed by atoms with Crippen molar-refractivity contribution in [3.05, 3.63) is 31.6 Å². The number of nitrogens with zero attached hydrogens (tertiary/aromatic N) is 6. The van der Waals surface area contributed by atoms with Crippen molar-refractivity contribution in [3.8, 4) is 0 Å². The van der Waals surface area contributed by atoms with Crippen LogP contribution in [0.1, 0.15) is 11.4 Å². The summed E-state index contributed by atoms with van der Waals surface area (Å²) < 4.78 is 0. The van der Waals surface area contributed by atoms with Crippen LogP contribution in [0.5, 0.6) is 0 Å². The highest BCUT2D eigenvalue weighted by Gasteiger charge is 2.19. The third kappa shape index (κ3) is 3.25.